The van der Waals surface area contributed by atoms with Crippen LogP contribution < -0.4 is 9.47 Å². The van der Waals surface area contributed by atoms with Gasteiger partial charge in [0, 0.05) is 6.61 Å². The molecule has 0 saturated carbocycles. The Hall–Kier alpha value is -1.22. The van der Waals surface area contributed by atoms with E-state index in [4.69, 9.17) is 14.6 Å². The molecule has 82 valence electrons. The summed E-state index contributed by atoms with van der Waals surface area (Å²) >= 11 is 0. The summed E-state index contributed by atoms with van der Waals surface area (Å²) < 4.78 is 10.9. The first-order chi connectivity index (χ1) is 7.29. The standard InChI is InChI=1S/C12H16O3/c1-9(8-13)6-10-2-3-11-12(7-10)15-5-4-14-11/h2-3,7,9,13H,4-6,8H2,1H3. The number of aliphatic hydroxyl groups is 1. The molecular formula is C12H16O3. The Kier molecular flexibility index (Phi) is 3.11. The van der Waals surface area contributed by atoms with Crippen LogP contribution in [0.3, 0.4) is 0 Å². The van der Waals surface area contributed by atoms with Gasteiger partial charge in [0.1, 0.15) is 13.2 Å². The third-order valence-electron chi connectivity index (χ3n) is 2.50. The summed E-state index contributed by atoms with van der Waals surface area (Å²) in [6.07, 6.45) is 0.868. The van der Waals surface area contributed by atoms with Gasteiger partial charge in [0.15, 0.2) is 11.5 Å². The smallest absolute Gasteiger partial charge is 0.161 e. The van der Waals surface area contributed by atoms with Crippen LogP contribution in [-0.4, -0.2) is 24.9 Å². The molecule has 3 heteroatoms. The Morgan fingerprint density at radius 1 is 1.27 bits per heavy atom. The van der Waals surface area contributed by atoms with E-state index < -0.39 is 0 Å². The van der Waals surface area contributed by atoms with Crippen LogP contribution in [0.5, 0.6) is 11.5 Å². The molecule has 0 saturated heterocycles. The number of fused-ring (bicyclic) bond motifs is 1. The normalized spacial score (nSPS) is 16.1. The molecule has 1 heterocycles. The lowest BCUT2D eigenvalue weighted by atomic mass is 10.0. The third kappa shape index (κ3) is 2.42. The average molecular weight is 208 g/mol. The van der Waals surface area contributed by atoms with Crippen LogP contribution >= 0.6 is 0 Å². The quantitative estimate of drug-likeness (QED) is 0.820. The van der Waals surface area contributed by atoms with Gasteiger partial charge in [-0.1, -0.05) is 13.0 Å². The number of hydrogen-bond acceptors (Lipinski definition) is 3. The van der Waals surface area contributed by atoms with Crippen LogP contribution in [0, 0.1) is 5.92 Å². The van der Waals surface area contributed by atoms with E-state index in [-0.39, 0.29) is 12.5 Å². The fraction of sp³-hybridized carbons (Fsp3) is 0.500. The van der Waals surface area contributed by atoms with E-state index in [1.54, 1.807) is 0 Å². The highest BCUT2D eigenvalue weighted by Gasteiger charge is 2.12. The van der Waals surface area contributed by atoms with Crippen molar-refractivity contribution < 1.29 is 14.6 Å². The predicted molar refractivity (Wildman–Crippen MR) is 57.4 cm³/mol. The Labute approximate surface area is 89.6 Å². The zero-order valence-electron chi connectivity index (χ0n) is 8.90. The van der Waals surface area contributed by atoms with Crippen molar-refractivity contribution in [2.24, 2.45) is 5.92 Å². The Balaban J connectivity index is 2.13. The number of hydrogen-bond donors (Lipinski definition) is 1. The molecule has 1 atom stereocenters. The van der Waals surface area contributed by atoms with Crippen molar-refractivity contribution in [3.63, 3.8) is 0 Å². The van der Waals surface area contributed by atoms with Gasteiger partial charge in [-0.25, -0.2) is 0 Å². The van der Waals surface area contributed by atoms with Crippen molar-refractivity contribution >= 4 is 0 Å². The first-order valence-electron chi connectivity index (χ1n) is 5.29. The predicted octanol–water partition coefficient (Wildman–Crippen LogP) is 1.63. The molecular weight excluding hydrogens is 192 g/mol. The fourth-order valence-electron chi connectivity index (χ4n) is 1.68. The maximum atomic E-state index is 8.98. The van der Waals surface area contributed by atoms with Crippen LogP contribution in [0.1, 0.15) is 12.5 Å². The van der Waals surface area contributed by atoms with E-state index in [9.17, 15) is 0 Å². The van der Waals surface area contributed by atoms with Crippen molar-refractivity contribution in [1.29, 1.82) is 0 Å². The van der Waals surface area contributed by atoms with Gasteiger partial charge >= 0.3 is 0 Å². The molecule has 0 radical (unpaired) electrons. The number of benzene rings is 1. The van der Waals surface area contributed by atoms with Crippen LogP contribution in [-0.2, 0) is 6.42 Å². The molecule has 3 nitrogen and oxygen atoms in total. The van der Waals surface area contributed by atoms with Gasteiger partial charge in [-0.3, -0.25) is 0 Å². The first-order valence-corrected chi connectivity index (χ1v) is 5.29. The highest BCUT2D eigenvalue weighted by Crippen LogP contribution is 2.31. The molecule has 15 heavy (non-hydrogen) atoms. The van der Waals surface area contributed by atoms with E-state index in [0.717, 1.165) is 17.9 Å². The Morgan fingerprint density at radius 2 is 2.00 bits per heavy atom. The average Bonchev–Trinajstić information content (AvgIpc) is 2.29. The second-order valence-electron chi connectivity index (χ2n) is 3.97. The van der Waals surface area contributed by atoms with E-state index in [0.29, 0.717) is 13.2 Å². The molecule has 0 fully saturated rings. The summed E-state index contributed by atoms with van der Waals surface area (Å²) in [5, 5.41) is 8.98. The molecule has 1 aliphatic rings. The zero-order valence-corrected chi connectivity index (χ0v) is 8.90. The summed E-state index contributed by atoms with van der Waals surface area (Å²) in [4.78, 5) is 0. The summed E-state index contributed by atoms with van der Waals surface area (Å²) in [5.74, 6) is 1.93. The van der Waals surface area contributed by atoms with Gasteiger partial charge in [0.2, 0.25) is 0 Å². The molecule has 1 aromatic rings. The maximum Gasteiger partial charge on any atom is 0.161 e. The lowest BCUT2D eigenvalue weighted by Crippen LogP contribution is -2.15. The van der Waals surface area contributed by atoms with E-state index in [1.807, 2.05) is 25.1 Å². The largest absolute Gasteiger partial charge is 0.486 e. The Bertz CT molecular complexity index is 336. The van der Waals surface area contributed by atoms with Gasteiger partial charge in [-0.2, -0.15) is 0 Å². The molecule has 1 N–H and O–H groups in total. The Morgan fingerprint density at radius 3 is 2.73 bits per heavy atom. The number of aliphatic hydroxyl groups excluding tert-OH is 1. The minimum absolute atomic E-state index is 0.217. The zero-order chi connectivity index (χ0) is 10.7. The summed E-state index contributed by atoms with van der Waals surface area (Å²) in [5.41, 5.74) is 1.18. The van der Waals surface area contributed by atoms with Crippen molar-refractivity contribution in [3.8, 4) is 11.5 Å². The molecule has 1 aliphatic heterocycles. The van der Waals surface area contributed by atoms with Crippen LogP contribution in [0.4, 0.5) is 0 Å². The van der Waals surface area contributed by atoms with Crippen molar-refractivity contribution in [1.82, 2.24) is 0 Å². The third-order valence-corrected chi connectivity index (χ3v) is 2.50. The maximum absolute atomic E-state index is 8.98. The van der Waals surface area contributed by atoms with Gasteiger partial charge in [0.25, 0.3) is 0 Å². The number of rotatable bonds is 3. The molecule has 0 aliphatic carbocycles. The summed E-state index contributed by atoms with van der Waals surface area (Å²) in [6, 6.07) is 5.97. The number of ether oxygens (including phenoxy) is 2. The van der Waals surface area contributed by atoms with Crippen LogP contribution in [0.15, 0.2) is 18.2 Å². The lowest BCUT2D eigenvalue weighted by molar-refractivity contribution is 0.171. The highest BCUT2D eigenvalue weighted by molar-refractivity contribution is 5.43. The minimum atomic E-state index is 0.217. The molecule has 0 spiro atoms. The summed E-state index contributed by atoms with van der Waals surface area (Å²) in [6.45, 7) is 3.48. The molecule has 1 aromatic carbocycles. The van der Waals surface area contributed by atoms with E-state index in [1.165, 1.54) is 5.56 Å². The van der Waals surface area contributed by atoms with Gasteiger partial charge in [0.05, 0.1) is 0 Å². The van der Waals surface area contributed by atoms with Crippen molar-refractivity contribution in [2.75, 3.05) is 19.8 Å². The second kappa shape index (κ2) is 4.53. The molecule has 2 rings (SSSR count). The highest BCUT2D eigenvalue weighted by atomic mass is 16.6. The van der Waals surface area contributed by atoms with Crippen molar-refractivity contribution in [3.05, 3.63) is 23.8 Å². The molecule has 0 amide bonds. The lowest BCUT2D eigenvalue weighted by Gasteiger charge is -2.19. The SMILES string of the molecule is CC(CO)Cc1ccc2c(c1)OCCO2. The van der Waals surface area contributed by atoms with Gasteiger partial charge < -0.3 is 14.6 Å². The molecule has 0 bridgehead atoms. The van der Waals surface area contributed by atoms with Crippen LogP contribution in [0.25, 0.3) is 0 Å². The van der Waals surface area contributed by atoms with Crippen molar-refractivity contribution in [2.45, 2.75) is 13.3 Å². The van der Waals surface area contributed by atoms with E-state index in [2.05, 4.69) is 0 Å². The molecule has 0 aromatic heterocycles. The summed E-state index contributed by atoms with van der Waals surface area (Å²) in [7, 11) is 0. The van der Waals surface area contributed by atoms with Gasteiger partial charge in [-0.05, 0) is 30.0 Å². The van der Waals surface area contributed by atoms with Crippen LogP contribution in [0.2, 0.25) is 0 Å². The van der Waals surface area contributed by atoms with Gasteiger partial charge in [-0.15, -0.1) is 0 Å². The topological polar surface area (TPSA) is 38.7 Å². The van der Waals surface area contributed by atoms with E-state index >= 15 is 0 Å². The fourth-order valence-corrected chi connectivity index (χ4v) is 1.68. The monoisotopic (exact) mass is 208 g/mol. The first kappa shape index (κ1) is 10.3. The minimum Gasteiger partial charge on any atom is -0.486 e. The second-order valence-corrected chi connectivity index (χ2v) is 3.97. The molecule has 1 unspecified atom stereocenters.